The summed E-state index contributed by atoms with van der Waals surface area (Å²) >= 11 is 5.92. The van der Waals surface area contributed by atoms with Crippen LogP contribution in [0.25, 0.3) is 0 Å². The van der Waals surface area contributed by atoms with Gasteiger partial charge in [0.1, 0.15) is 5.69 Å². The first-order valence-corrected chi connectivity index (χ1v) is 6.53. The average Bonchev–Trinajstić information content (AvgIpc) is 2.81. The van der Waals surface area contributed by atoms with Crippen molar-refractivity contribution in [2.45, 2.75) is 39.2 Å². The summed E-state index contributed by atoms with van der Waals surface area (Å²) in [5.74, 6) is 0.313. The van der Waals surface area contributed by atoms with Gasteiger partial charge in [-0.15, -0.1) is 0 Å². The molecule has 3 unspecified atom stereocenters. The third-order valence-corrected chi connectivity index (χ3v) is 4.31. The number of carboxylic acid groups (broad SMARTS) is 1. The van der Waals surface area contributed by atoms with Crippen LogP contribution in [0.2, 0.25) is 5.02 Å². The van der Waals surface area contributed by atoms with Gasteiger partial charge in [0.15, 0.2) is 0 Å². The molecule has 3 nitrogen and oxygen atoms in total. The van der Waals surface area contributed by atoms with Gasteiger partial charge in [-0.05, 0) is 30.7 Å². The fourth-order valence-corrected chi connectivity index (χ4v) is 3.29. The highest BCUT2D eigenvalue weighted by atomic mass is 35.5. The van der Waals surface area contributed by atoms with Gasteiger partial charge in [-0.2, -0.15) is 0 Å². The first-order valence-electron chi connectivity index (χ1n) is 6.15. The lowest BCUT2D eigenvalue weighted by molar-refractivity contribution is 0.0681. The maximum atomic E-state index is 11.2. The SMILES string of the molecule is CCC1CCC(n2cc(Cl)cc2C(=O)O)C1C. The molecule has 0 spiro atoms. The van der Waals surface area contributed by atoms with Crippen molar-refractivity contribution in [3.63, 3.8) is 0 Å². The monoisotopic (exact) mass is 255 g/mol. The van der Waals surface area contributed by atoms with Crippen molar-refractivity contribution in [1.82, 2.24) is 4.57 Å². The molecule has 0 aromatic carbocycles. The van der Waals surface area contributed by atoms with Crippen molar-refractivity contribution in [2.24, 2.45) is 11.8 Å². The van der Waals surface area contributed by atoms with E-state index < -0.39 is 5.97 Å². The summed E-state index contributed by atoms with van der Waals surface area (Å²) in [6.45, 7) is 4.41. The van der Waals surface area contributed by atoms with E-state index in [4.69, 9.17) is 16.7 Å². The van der Waals surface area contributed by atoms with Crippen LogP contribution in [0.15, 0.2) is 12.3 Å². The van der Waals surface area contributed by atoms with Crippen molar-refractivity contribution in [3.05, 3.63) is 23.0 Å². The van der Waals surface area contributed by atoms with Crippen LogP contribution >= 0.6 is 11.6 Å². The van der Waals surface area contributed by atoms with Gasteiger partial charge in [0, 0.05) is 12.2 Å². The third kappa shape index (κ3) is 2.21. The Morgan fingerprint density at radius 1 is 1.59 bits per heavy atom. The van der Waals surface area contributed by atoms with Gasteiger partial charge < -0.3 is 9.67 Å². The lowest BCUT2D eigenvalue weighted by Crippen LogP contribution is -2.18. The number of aromatic nitrogens is 1. The molecule has 0 radical (unpaired) electrons. The lowest BCUT2D eigenvalue weighted by Gasteiger charge is -2.22. The minimum absolute atomic E-state index is 0.276. The van der Waals surface area contributed by atoms with Crippen LogP contribution in [0.3, 0.4) is 0 Å². The zero-order chi connectivity index (χ0) is 12.6. The second kappa shape index (κ2) is 4.73. The van der Waals surface area contributed by atoms with Crippen LogP contribution in [0.5, 0.6) is 0 Å². The molecule has 1 aliphatic carbocycles. The molecule has 1 aromatic rings. The standard InChI is InChI=1S/C13H18ClNO2/c1-3-9-4-5-11(8(9)2)15-7-10(14)6-12(15)13(16)17/h6-9,11H,3-5H2,1-2H3,(H,16,17). The third-order valence-electron chi connectivity index (χ3n) is 4.10. The molecule has 1 heterocycles. The highest BCUT2D eigenvalue weighted by Crippen LogP contribution is 2.42. The lowest BCUT2D eigenvalue weighted by atomic mass is 9.93. The molecule has 1 aliphatic rings. The first kappa shape index (κ1) is 12.5. The van der Waals surface area contributed by atoms with E-state index in [1.807, 2.05) is 4.57 Å². The number of carboxylic acids is 1. The summed E-state index contributed by atoms with van der Waals surface area (Å²) in [4.78, 5) is 11.2. The molecular weight excluding hydrogens is 238 g/mol. The molecule has 4 heteroatoms. The number of hydrogen-bond donors (Lipinski definition) is 1. The summed E-state index contributed by atoms with van der Waals surface area (Å²) in [5.41, 5.74) is 0.309. The van der Waals surface area contributed by atoms with Crippen LogP contribution in [-0.4, -0.2) is 15.6 Å². The highest BCUT2D eigenvalue weighted by Gasteiger charge is 2.34. The predicted octanol–water partition coefficient (Wildman–Crippen LogP) is 3.84. The molecule has 1 fully saturated rings. The van der Waals surface area contributed by atoms with Gasteiger partial charge in [0.05, 0.1) is 5.02 Å². The van der Waals surface area contributed by atoms with E-state index in [0.29, 0.717) is 22.6 Å². The second-order valence-corrected chi connectivity index (χ2v) is 5.36. The zero-order valence-electron chi connectivity index (χ0n) is 10.2. The van der Waals surface area contributed by atoms with Gasteiger partial charge in [-0.25, -0.2) is 4.79 Å². The summed E-state index contributed by atoms with van der Waals surface area (Å²) in [5, 5.41) is 9.68. The Labute approximate surface area is 106 Å². The van der Waals surface area contributed by atoms with E-state index in [1.165, 1.54) is 12.5 Å². The summed E-state index contributed by atoms with van der Waals surface area (Å²) < 4.78 is 1.85. The van der Waals surface area contributed by atoms with Crippen LogP contribution in [-0.2, 0) is 0 Å². The van der Waals surface area contributed by atoms with Crippen LogP contribution in [0.1, 0.15) is 49.6 Å². The van der Waals surface area contributed by atoms with Gasteiger partial charge in [-0.3, -0.25) is 0 Å². The Bertz CT molecular complexity index is 427. The molecule has 94 valence electrons. The molecule has 0 amide bonds. The molecule has 1 aromatic heterocycles. The zero-order valence-corrected chi connectivity index (χ0v) is 10.9. The highest BCUT2D eigenvalue weighted by molar-refractivity contribution is 6.30. The molecule has 1 N–H and O–H groups in total. The maximum Gasteiger partial charge on any atom is 0.352 e. The quantitative estimate of drug-likeness (QED) is 0.892. The number of carbonyl (C=O) groups is 1. The molecule has 17 heavy (non-hydrogen) atoms. The Morgan fingerprint density at radius 3 is 2.82 bits per heavy atom. The summed E-state index contributed by atoms with van der Waals surface area (Å²) in [6.07, 6.45) is 5.14. The van der Waals surface area contributed by atoms with Gasteiger partial charge in [0.2, 0.25) is 0 Å². The normalized spacial score (nSPS) is 28.5. The minimum Gasteiger partial charge on any atom is -0.477 e. The Hall–Kier alpha value is -0.960. The second-order valence-electron chi connectivity index (χ2n) is 4.93. The van der Waals surface area contributed by atoms with Gasteiger partial charge >= 0.3 is 5.97 Å². The van der Waals surface area contributed by atoms with Crippen molar-refractivity contribution >= 4 is 17.6 Å². The van der Waals surface area contributed by atoms with Crippen molar-refractivity contribution < 1.29 is 9.90 Å². The topological polar surface area (TPSA) is 42.2 Å². The van der Waals surface area contributed by atoms with Crippen molar-refractivity contribution in [3.8, 4) is 0 Å². The minimum atomic E-state index is -0.899. The predicted molar refractivity (Wildman–Crippen MR) is 67.6 cm³/mol. The number of nitrogens with zero attached hydrogens (tertiary/aromatic N) is 1. The molecule has 2 rings (SSSR count). The van der Waals surface area contributed by atoms with Crippen molar-refractivity contribution in [2.75, 3.05) is 0 Å². The molecule has 0 aliphatic heterocycles. The van der Waals surface area contributed by atoms with E-state index in [2.05, 4.69) is 13.8 Å². The number of aromatic carboxylic acids is 1. The van der Waals surface area contributed by atoms with Gasteiger partial charge in [0.25, 0.3) is 0 Å². The van der Waals surface area contributed by atoms with Crippen molar-refractivity contribution in [1.29, 1.82) is 0 Å². The number of rotatable bonds is 3. The van der Waals surface area contributed by atoms with Crippen LogP contribution in [0.4, 0.5) is 0 Å². The summed E-state index contributed by atoms with van der Waals surface area (Å²) in [7, 11) is 0. The Morgan fingerprint density at radius 2 is 2.29 bits per heavy atom. The Balaban J connectivity index is 2.32. The average molecular weight is 256 g/mol. The van der Waals surface area contributed by atoms with Gasteiger partial charge in [-0.1, -0.05) is 31.9 Å². The number of halogens is 1. The van der Waals surface area contributed by atoms with E-state index >= 15 is 0 Å². The largest absolute Gasteiger partial charge is 0.477 e. The summed E-state index contributed by atoms with van der Waals surface area (Å²) in [6, 6.07) is 1.81. The van der Waals surface area contributed by atoms with E-state index in [1.54, 1.807) is 6.20 Å². The molecule has 3 atom stereocenters. The van der Waals surface area contributed by atoms with Crippen LogP contribution in [0, 0.1) is 11.8 Å². The van der Waals surface area contributed by atoms with E-state index in [-0.39, 0.29) is 6.04 Å². The fourth-order valence-electron chi connectivity index (χ4n) is 3.08. The first-order chi connectivity index (χ1) is 8.04. The number of hydrogen-bond acceptors (Lipinski definition) is 1. The molecule has 1 saturated carbocycles. The van der Waals surface area contributed by atoms with Crippen LogP contribution < -0.4 is 0 Å². The molecular formula is C13H18ClNO2. The van der Waals surface area contributed by atoms with E-state index in [0.717, 1.165) is 12.8 Å². The fraction of sp³-hybridized carbons (Fsp3) is 0.615. The Kier molecular flexibility index (Phi) is 3.48. The van der Waals surface area contributed by atoms with E-state index in [9.17, 15) is 4.79 Å². The molecule has 0 saturated heterocycles. The maximum absolute atomic E-state index is 11.2. The molecule has 0 bridgehead atoms. The smallest absolute Gasteiger partial charge is 0.352 e.